The summed E-state index contributed by atoms with van der Waals surface area (Å²) < 4.78 is 10.3. The van der Waals surface area contributed by atoms with Gasteiger partial charge in [0.15, 0.2) is 0 Å². The van der Waals surface area contributed by atoms with E-state index in [0.717, 1.165) is 11.3 Å². The molecule has 0 heterocycles. The van der Waals surface area contributed by atoms with Crippen LogP contribution < -0.4 is 5.32 Å². The van der Waals surface area contributed by atoms with Gasteiger partial charge in [-0.1, -0.05) is 28.1 Å². The standard InChI is InChI=1S/C12H16BrNO3/c1-16-5-6-17-9-10-3-2-4-11(7-10)14-12(15)8-13/h2-4,7H,5-6,8-9H2,1H3,(H,14,15). The maximum Gasteiger partial charge on any atom is 0.235 e. The maximum atomic E-state index is 11.2. The Morgan fingerprint density at radius 3 is 2.94 bits per heavy atom. The second kappa shape index (κ2) is 8.22. The summed E-state index contributed by atoms with van der Waals surface area (Å²) in [6.07, 6.45) is 0. The summed E-state index contributed by atoms with van der Waals surface area (Å²) in [4.78, 5) is 11.2. The molecule has 0 aromatic heterocycles. The molecule has 0 atom stereocenters. The number of methoxy groups -OCH3 is 1. The van der Waals surface area contributed by atoms with Gasteiger partial charge in [-0.25, -0.2) is 0 Å². The fourth-order valence-corrected chi connectivity index (χ4v) is 1.41. The van der Waals surface area contributed by atoms with E-state index in [1.54, 1.807) is 7.11 Å². The highest BCUT2D eigenvalue weighted by Gasteiger charge is 2.00. The van der Waals surface area contributed by atoms with E-state index in [1.807, 2.05) is 24.3 Å². The molecule has 0 fully saturated rings. The van der Waals surface area contributed by atoms with Gasteiger partial charge in [0.1, 0.15) is 0 Å². The first kappa shape index (κ1) is 14.2. The topological polar surface area (TPSA) is 47.6 Å². The molecule has 1 aromatic rings. The predicted octanol–water partition coefficient (Wildman–Crippen LogP) is 2.18. The molecule has 0 aliphatic heterocycles. The van der Waals surface area contributed by atoms with Crippen molar-refractivity contribution in [2.24, 2.45) is 0 Å². The lowest BCUT2D eigenvalue weighted by atomic mass is 10.2. The number of hydrogen-bond acceptors (Lipinski definition) is 3. The molecule has 1 N–H and O–H groups in total. The Kier molecular flexibility index (Phi) is 6.84. The molecule has 94 valence electrons. The molecule has 0 aliphatic rings. The van der Waals surface area contributed by atoms with Crippen molar-refractivity contribution in [1.29, 1.82) is 0 Å². The summed E-state index contributed by atoms with van der Waals surface area (Å²) in [5.74, 6) is -0.0672. The smallest absolute Gasteiger partial charge is 0.235 e. The van der Waals surface area contributed by atoms with E-state index in [0.29, 0.717) is 25.2 Å². The van der Waals surface area contributed by atoms with Crippen LogP contribution in [0.5, 0.6) is 0 Å². The quantitative estimate of drug-likeness (QED) is 0.620. The highest BCUT2D eigenvalue weighted by molar-refractivity contribution is 9.09. The van der Waals surface area contributed by atoms with Gasteiger partial charge in [-0.15, -0.1) is 0 Å². The van der Waals surface area contributed by atoms with Crippen LogP contribution in [0.15, 0.2) is 24.3 Å². The molecule has 0 bridgehead atoms. The summed E-state index contributed by atoms with van der Waals surface area (Å²) in [7, 11) is 1.64. The average molecular weight is 302 g/mol. The molecule has 0 radical (unpaired) electrons. The third-order valence-corrected chi connectivity index (χ3v) is 2.54. The normalized spacial score (nSPS) is 10.2. The highest BCUT2D eigenvalue weighted by Crippen LogP contribution is 2.11. The maximum absolute atomic E-state index is 11.2. The summed E-state index contributed by atoms with van der Waals surface area (Å²) in [5, 5.41) is 3.06. The van der Waals surface area contributed by atoms with Gasteiger partial charge in [0.25, 0.3) is 0 Å². The van der Waals surface area contributed by atoms with Gasteiger partial charge in [-0.2, -0.15) is 0 Å². The molecule has 0 aliphatic carbocycles. The molecular weight excluding hydrogens is 286 g/mol. The van der Waals surface area contributed by atoms with Crippen molar-refractivity contribution in [3.8, 4) is 0 Å². The van der Waals surface area contributed by atoms with Crippen molar-refractivity contribution < 1.29 is 14.3 Å². The third kappa shape index (κ3) is 5.81. The number of carbonyl (C=O) groups is 1. The van der Waals surface area contributed by atoms with Crippen molar-refractivity contribution in [2.75, 3.05) is 31.0 Å². The number of nitrogens with one attached hydrogen (secondary N) is 1. The van der Waals surface area contributed by atoms with Crippen LogP contribution in [0.1, 0.15) is 5.56 Å². The van der Waals surface area contributed by atoms with E-state index in [1.165, 1.54) is 0 Å². The van der Waals surface area contributed by atoms with Gasteiger partial charge < -0.3 is 14.8 Å². The van der Waals surface area contributed by atoms with Crippen LogP contribution >= 0.6 is 15.9 Å². The van der Waals surface area contributed by atoms with E-state index >= 15 is 0 Å². The first-order chi connectivity index (χ1) is 8.26. The summed E-state index contributed by atoms with van der Waals surface area (Å²) >= 11 is 3.10. The minimum absolute atomic E-state index is 0.0672. The number of amides is 1. The number of hydrogen-bond donors (Lipinski definition) is 1. The number of anilines is 1. The monoisotopic (exact) mass is 301 g/mol. The lowest BCUT2D eigenvalue weighted by Gasteiger charge is -2.07. The second-order valence-electron chi connectivity index (χ2n) is 3.43. The fraction of sp³-hybridized carbons (Fsp3) is 0.417. The van der Waals surface area contributed by atoms with E-state index in [9.17, 15) is 4.79 Å². The van der Waals surface area contributed by atoms with E-state index < -0.39 is 0 Å². The molecule has 1 aromatic carbocycles. The van der Waals surface area contributed by atoms with Crippen LogP contribution in [0.4, 0.5) is 5.69 Å². The van der Waals surface area contributed by atoms with Gasteiger partial charge in [-0.05, 0) is 17.7 Å². The molecular formula is C12H16BrNO3. The second-order valence-corrected chi connectivity index (χ2v) is 3.99. The third-order valence-electron chi connectivity index (χ3n) is 2.03. The van der Waals surface area contributed by atoms with Crippen LogP contribution in [0.25, 0.3) is 0 Å². The van der Waals surface area contributed by atoms with Crippen LogP contribution in [-0.4, -0.2) is 31.6 Å². The Balaban J connectivity index is 2.45. The number of benzene rings is 1. The van der Waals surface area contributed by atoms with Crippen molar-refractivity contribution >= 4 is 27.5 Å². The van der Waals surface area contributed by atoms with E-state index in [2.05, 4.69) is 21.2 Å². The van der Waals surface area contributed by atoms with Gasteiger partial charge >= 0.3 is 0 Å². The molecule has 17 heavy (non-hydrogen) atoms. The largest absolute Gasteiger partial charge is 0.382 e. The van der Waals surface area contributed by atoms with Gasteiger partial charge in [0, 0.05) is 12.8 Å². The summed E-state index contributed by atoms with van der Waals surface area (Å²) in [5.41, 5.74) is 1.80. The number of halogens is 1. The zero-order chi connectivity index (χ0) is 12.5. The van der Waals surface area contributed by atoms with E-state index in [4.69, 9.17) is 9.47 Å². The average Bonchev–Trinajstić information content (AvgIpc) is 2.35. The first-order valence-corrected chi connectivity index (χ1v) is 6.40. The van der Waals surface area contributed by atoms with Gasteiger partial charge in [0.2, 0.25) is 5.91 Å². The lowest BCUT2D eigenvalue weighted by Crippen LogP contribution is -2.12. The van der Waals surface area contributed by atoms with Crippen LogP contribution in [0, 0.1) is 0 Å². The first-order valence-electron chi connectivity index (χ1n) is 5.27. The van der Waals surface area contributed by atoms with Crippen molar-refractivity contribution in [3.05, 3.63) is 29.8 Å². The Hall–Kier alpha value is -0.910. The Labute approximate surface area is 109 Å². The molecule has 0 unspecified atom stereocenters. The zero-order valence-corrected chi connectivity index (χ0v) is 11.3. The van der Waals surface area contributed by atoms with Crippen molar-refractivity contribution in [1.82, 2.24) is 0 Å². The Morgan fingerprint density at radius 2 is 2.24 bits per heavy atom. The number of carbonyl (C=O) groups excluding carboxylic acids is 1. The molecule has 5 heteroatoms. The predicted molar refractivity (Wildman–Crippen MR) is 70.4 cm³/mol. The molecule has 1 amide bonds. The number of ether oxygens (including phenoxy) is 2. The lowest BCUT2D eigenvalue weighted by molar-refractivity contribution is -0.113. The fourth-order valence-electron chi connectivity index (χ4n) is 1.27. The summed E-state index contributed by atoms with van der Waals surface area (Å²) in [6, 6.07) is 7.59. The molecule has 1 rings (SSSR count). The SMILES string of the molecule is COCCOCc1cccc(NC(=O)CBr)c1. The molecule has 0 saturated heterocycles. The number of alkyl halides is 1. The van der Waals surface area contributed by atoms with Crippen LogP contribution in [0.3, 0.4) is 0 Å². The minimum Gasteiger partial charge on any atom is -0.382 e. The van der Waals surface area contributed by atoms with E-state index in [-0.39, 0.29) is 5.91 Å². The van der Waals surface area contributed by atoms with Gasteiger partial charge in [0.05, 0.1) is 25.2 Å². The zero-order valence-electron chi connectivity index (χ0n) is 9.74. The molecule has 0 spiro atoms. The van der Waals surface area contributed by atoms with Crippen molar-refractivity contribution in [3.63, 3.8) is 0 Å². The minimum atomic E-state index is -0.0672. The molecule has 4 nitrogen and oxygen atoms in total. The van der Waals surface area contributed by atoms with Crippen molar-refractivity contribution in [2.45, 2.75) is 6.61 Å². The summed E-state index contributed by atoms with van der Waals surface area (Å²) in [6.45, 7) is 1.66. The van der Waals surface area contributed by atoms with Crippen LogP contribution in [-0.2, 0) is 20.9 Å². The Bertz CT molecular complexity index is 357. The van der Waals surface area contributed by atoms with Crippen LogP contribution in [0.2, 0.25) is 0 Å². The Morgan fingerprint density at radius 1 is 1.41 bits per heavy atom. The molecule has 0 saturated carbocycles. The number of rotatable bonds is 7. The van der Waals surface area contributed by atoms with Gasteiger partial charge in [-0.3, -0.25) is 4.79 Å². The highest BCUT2D eigenvalue weighted by atomic mass is 79.9.